The molecule has 0 aliphatic heterocycles. The molecule has 0 bridgehead atoms. The zero-order chi connectivity index (χ0) is 8.10. The first-order valence-electron chi connectivity index (χ1n) is 3.03. The Balaban J connectivity index is 2.58. The van der Waals surface area contributed by atoms with Gasteiger partial charge in [0.05, 0.1) is 5.69 Å². The van der Waals surface area contributed by atoms with E-state index in [1.165, 1.54) is 0 Å². The van der Waals surface area contributed by atoms with E-state index in [9.17, 15) is 4.79 Å². The highest BCUT2D eigenvalue weighted by molar-refractivity contribution is 6.30. The lowest BCUT2D eigenvalue weighted by molar-refractivity contribution is -0.109. The predicted octanol–water partition coefficient (Wildman–Crippen LogP) is 1.41. The zero-order valence-electron chi connectivity index (χ0n) is 5.67. The molecule has 58 valence electrons. The maximum atomic E-state index is 9.85. The van der Waals surface area contributed by atoms with Crippen LogP contribution in [0.1, 0.15) is 0 Å². The molecule has 0 radical (unpaired) electrons. The van der Waals surface area contributed by atoms with Crippen LogP contribution in [0.15, 0.2) is 24.3 Å². The third-order valence-corrected chi connectivity index (χ3v) is 1.37. The number of rotatable bonds is 3. The molecule has 1 amide bonds. The van der Waals surface area contributed by atoms with E-state index in [1.807, 2.05) is 0 Å². The predicted molar refractivity (Wildman–Crippen MR) is 44.3 cm³/mol. The molecule has 2 N–H and O–H groups in total. The largest absolute Gasteiger partial charge is 0.299 e. The number of nitrogens with one attached hydrogen (secondary N) is 2. The molecule has 4 heteroatoms. The Hall–Kier alpha value is -1.22. The fraction of sp³-hybridized carbons (Fsp3) is 0. The van der Waals surface area contributed by atoms with Crippen LogP contribution in [-0.2, 0) is 4.79 Å². The summed E-state index contributed by atoms with van der Waals surface area (Å²) in [7, 11) is 0. The maximum absolute atomic E-state index is 9.85. The van der Waals surface area contributed by atoms with Gasteiger partial charge < -0.3 is 0 Å². The lowest BCUT2D eigenvalue weighted by Gasteiger charge is -2.02. The Morgan fingerprint density at radius 3 is 2.45 bits per heavy atom. The number of benzene rings is 1. The van der Waals surface area contributed by atoms with Gasteiger partial charge in [0, 0.05) is 5.02 Å². The molecular formula is C7H7ClN2O. The normalized spacial score (nSPS) is 8.82. The van der Waals surface area contributed by atoms with E-state index in [1.54, 1.807) is 24.3 Å². The third kappa shape index (κ3) is 2.47. The van der Waals surface area contributed by atoms with Crippen LogP contribution in [0.4, 0.5) is 5.69 Å². The SMILES string of the molecule is O=CNNc1ccc(Cl)cc1. The number of hydrogen-bond donors (Lipinski definition) is 2. The molecule has 1 aromatic rings. The smallest absolute Gasteiger partial charge is 0.225 e. The highest BCUT2D eigenvalue weighted by Gasteiger charge is 1.88. The molecule has 0 unspecified atom stereocenters. The monoisotopic (exact) mass is 170 g/mol. The first-order valence-corrected chi connectivity index (χ1v) is 3.41. The Morgan fingerprint density at radius 2 is 1.91 bits per heavy atom. The first-order chi connectivity index (χ1) is 5.33. The van der Waals surface area contributed by atoms with Crippen molar-refractivity contribution < 1.29 is 4.79 Å². The number of hydrazine groups is 1. The summed E-state index contributed by atoms with van der Waals surface area (Å²) in [5, 5.41) is 0.668. The van der Waals surface area contributed by atoms with Gasteiger partial charge in [-0.15, -0.1) is 0 Å². The summed E-state index contributed by atoms with van der Waals surface area (Å²) in [6, 6.07) is 6.99. The Labute approximate surface area is 69.3 Å². The van der Waals surface area contributed by atoms with Crippen LogP contribution in [0.25, 0.3) is 0 Å². The summed E-state index contributed by atoms with van der Waals surface area (Å²) >= 11 is 5.63. The van der Waals surface area contributed by atoms with Crippen molar-refractivity contribution in [3.63, 3.8) is 0 Å². The van der Waals surface area contributed by atoms with Gasteiger partial charge >= 0.3 is 0 Å². The highest BCUT2D eigenvalue weighted by Crippen LogP contribution is 2.11. The third-order valence-electron chi connectivity index (χ3n) is 1.12. The number of carbonyl (C=O) groups excluding carboxylic acids is 1. The van der Waals surface area contributed by atoms with Gasteiger partial charge in [-0.2, -0.15) is 0 Å². The van der Waals surface area contributed by atoms with Crippen molar-refractivity contribution in [2.45, 2.75) is 0 Å². The molecule has 0 fully saturated rings. The Kier molecular flexibility index (Phi) is 2.74. The second-order valence-electron chi connectivity index (χ2n) is 1.89. The average molecular weight is 171 g/mol. The molecule has 0 heterocycles. The number of anilines is 1. The molecule has 0 aliphatic rings. The summed E-state index contributed by atoms with van der Waals surface area (Å²) < 4.78 is 0. The standard InChI is InChI=1S/C7H7ClN2O/c8-6-1-3-7(4-2-6)10-9-5-11/h1-5,10H,(H,9,11). The molecular weight excluding hydrogens is 164 g/mol. The van der Waals surface area contributed by atoms with Crippen LogP contribution in [-0.4, -0.2) is 6.41 Å². The fourth-order valence-corrected chi connectivity index (χ4v) is 0.772. The van der Waals surface area contributed by atoms with Gasteiger partial charge in [-0.25, -0.2) is 0 Å². The van der Waals surface area contributed by atoms with Crippen LogP contribution in [0.2, 0.25) is 5.02 Å². The minimum absolute atomic E-state index is 0.564. The molecule has 0 spiro atoms. The summed E-state index contributed by atoms with van der Waals surface area (Å²) in [6.07, 6.45) is 0.564. The number of hydrogen-bond acceptors (Lipinski definition) is 2. The van der Waals surface area contributed by atoms with E-state index < -0.39 is 0 Å². The van der Waals surface area contributed by atoms with Crippen LogP contribution < -0.4 is 10.9 Å². The van der Waals surface area contributed by atoms with Gasteiger partial charge in [0.15, 0.2) is 0 Å². The van der Waals surface area contributed by atoms with Crippen molar-refractivity contribution in [2.24, 2.45) is 0 Å². The molecule has 0 aliphatic carbocycles. The van der Waals surface area contributed by atoms with Gasteiger partial charge in [0.2, 0.25) is 6.41 Å². The second-order valence-corrected chi connectivity index (χ2v) is 2.33. The van der Waals surface area contributed by atoms with Crippen molar-refractivity contribution >= 4 is 23.7 Å². The number of halogens is 1. The van der Waals surface area contributed by atoms with Crippen molar-refractivity contribution in [2.75, 3.05) is 5.43 Å². The van der Waals surface area contributed by atoms with Gasteiger partial charge in [0.25, 0.3) is 0 Å². The number of amides is 1. The first kappa shape index (κ1) is 7.88. The van der Waals surface area contributed by atoms with Crippen LogP contribution in [0, 0.1) is 0 Å². The lowest BCUT2D eigenvalue weighted by Crippen LogP contribution is -2.18. The van der Waals surface area contributed by atoms with Gasteiger partial charge in [-0.1, -0.05) is 11.6 Å². The molecule has 0 saturated carbocycles. The van der Waals surface area contributed by atoms with Crippen LogP contribution >= 0.6 is 11.6 Å². The van der Waals surface area contributed by atoms with Crippen molar-refractivity contribution in [1.29, 1.82) is 0 Å². The van der Waals surface area contributed by atoms with Gasteiger partial charge in [-0.3, -0.25) is 15.6 Å². The minimum Gasteiger partial charge on any atom is -0.299 e. The molecule has 1 aromatic carbocycles. The highest BCUT2D eigenvalue weighted by atomic mass is 35.5. The van der Waals surface area contributed by atoms with Gasteiger partial charge in [-0.05, 0) is 24.3 Å². The summed E-state index contributed by atoms with van der Waals surface area (Å²) in [6.45, 7) is 0. The summed E-state index contributed by atoms with van der Waals surface area (Å²) in [4.78, 5) is 9.85. The average Bonchev–Trinajstić information content (AvgIpc) is 2.04. The van der Waals surface area contributed by atoms with E-state index >= 15 is 0 Å². The quantitative estimate of drug-likeness (QED) is 0.532. The Bertz CT molecular complexity index is 235. The summed E-state index contributed by atoms with van der Waals surface area (Å²) in [5.74, 6) is 0. The van der Waals surface area contributed by atoms with Crippen molar-refractivity contribution in [3.05, 3.63) is 29.3 Å². The molecule has 3 nitrogen and oxygen atoms in total. The van der Waals surface area contributed by atoms with Crippen LogP contribution in [0.3, 0.4) is 0 Å². The maximum Gasteiger partial charge on any atom is 0.225 e. The fourth-order valence-electron chi connectivity index (χ4n) is 0.646. The Morgan fingerprint density at radius 1 is 1.27 bits per heavy atom. The molecule has 11 heavy (non-hydrogen) atoms. The van der Waals surface area contributed by atoms with E-state index in [-0.39, 0.29) is 0 Å². The van der Waals surface area contributed by atoms with Crippen molar-refractivity contribution in [3.8, 4) is 0 Å². The minimum atomic E-state index is 0.564. The van der Waals surface area contributed by atoms with E-state index in [4.69, 9.17) is 11.6 Å². The van der Waals surface area contributed by atoms with Crippen LogP contribution in [0.5, 0.6) is 0 Å². The molecule has 0 saturated heterocycles. The van der Waals surface area contributed by atoms with E-state index in [0.717, 1.165) is 5.69 Å². The lowest BCUT2D eigenvalue weighted by atomic mass is 10.3. The molecule has 1 rings (SSSR count). The number of carbonyl (C=O) groups is 1. The molecule has 0 aromatic heterocycles. The zero-order valence-corrected chi connectivity index (χ0v) is 6.43. The van der Waals surface area contributed by atoms with E-state index in [0.29, 0.717) is 11.4 Å². The van der Waals surface area contributed by atoms with Crippen molar-refractivity contribution in [1.82, 2.24) is 5.43 Å². The van der Waals surface area contributed by atoms with Gasteiger partial charge in [0.1, 0.15) is 0 Å². The topological polar surface area (TPSA) is 41.1 Å². The molecule has 0 atom stereocenters. The second kappa shape index (κ2) is 3.83. The summed E-state index contributed by atoms with van der Waals surface area (Å²) in [5.41, 5.74) is 5.75. The van der Waals surface area contributed by atoms with E-state index in [2.05, 4.69) is 10.9 Å².